The molecule has 0 heterocycles. The second-order valence-corrected chi connectivity index (χ2v) is 8.71. The molecule has 0 aliphatic heterocycles. The first-order chi connectivity index (χ1) is 12.4. The van der Waals surface area contributed by atoms with Gasteiger partial charge in [0, 0.05) is 10.8 Å². The normalized spacial score (nSPS) is 19.5. The van der Waals surface area contributed by atoms with Crippen molar-refractivity contribution in [2.75, 3.05) is 6.26 Å². The van der Waals surface area contributed by atoms with E-state index < -0.39 is 0 Å². The fourth-order valence-corrected chi connectivity index (χ4v) is 3.44. The molecular weight excluding hydrogens is 340 g/mol. The van der Waals surface area contributed by atoms with Crippen LogP contribution in [-0.4, -0.2) is 18.4 Å². The summed E-state index contributed by atoms with van der Waals surface area (Å²) in [4.78, 5) is 13.5. The number of carbonyl (C=O) groups is 1. The molecule has 0 radical (unpaired) electrons. The number of carbonyl (C=O) groups excluding carboxylic acids is 1. The summed E-state index contributed by atoms with van der Waals surface area (Å²) >= 11 is 1.70. The van der Waals surface area contributed by atoms with Crippen molar-refractivity contribution in [1.82, 2.24) is 5.43 Å². The molecular formula is C22H26N2OS. The second-order valence-electron chi connectivity index (χ2n) is 7.83. The molecule has 3 nitrogen and oxygen atoms in total. The molecule has 1 aliphatic carbocycles. The smallest absolute Gasteiger partial charge is 0.243 e. The van der Waals surface area contributed by atoms with Crippen LogP contribution < -0.4 is 5.43 Å². The van der Waals surface area contributed by atoms with Crippen molar-refractivity contribution in [3.05, 3.63) is 65.2 Å². The van der Waals surface area contributed by atoms with Gasteiger partial charge in [0.2, 0.25) is 5.91 Å². The van der Waals surface area contributed by atoms with E-state index in [1.165, 1.54) is 16.0 Å². The Balaban J connectivity index is 1.53. The maximum atomic E-state index is 12.3. The molecule has 1 saturated carbocycles. The first-order valence-corrected chi connectivity index (χ1v) is 10.2. The van der Waals surface area contributed by atoms with Crippen molar-refractivity contribution in [2.24, 2.45) is 11.0 Å². The van der Waals surface area contributed by atoms with Gasteiger partial charge < -0.3 is 0 Å². The molecule has 3 rings (SSSR count). The monoisotopic (exact) mass is 366 g/mol. The number of amides is 1. The Morgan fingerprint density at radius 3 is 2.35 bits per heavy atom. The van der Waals surface area contributed by atoms with Gasteiger partial charge in [-0.2, -0.15) is 5.10 Å². The molecule has 1 amide bonds. The third-order valence-electron chi connectivity index (χ3n) is 4.84. The second kappa shape index (κ2) is 7.67. The molecule has 4 heteroatoms. The Hall–Kier alpha value is -2.07. The van der Waals surface area contributed by atoms with Crippen molar-refractivity contribution in [3.8, 4) is 0 Å². The van der Waals surface area contributed by atoms with Crippen LogP contribution >= 0.6 is 11.8 Å². The van der Waals surface area contributed by atoms with Gasteiger partial charge in [0.05, 0.1) is 6.21 Å². The van der Waals surface area contributed by atoms with Crippen LogP contribution in [0.3, 0.4) is 0 Å². The Kier molecular flexibility index (Phi) is 5.52. The van der Waals surface area contributed by atoms with Crippen molar-refractivity contribution >= 4 is 23.9 Å². The third-order valence-corrected chi connectivity index (χ3v) is 5.58. The highest BCUT2D eigenvalue weighted by atomic mass is 32.2. The van der Waals surface area contributed by atoms with Gasteiger partial charge in [-0.3, -0.25) is 4.79 Å². The van der Waals surface area contributed by atoms with E-state index in [2.05, 4.69) is 55.6 Å². The molecule has 0 saturated heterocycles. The molecule has 26 heavy (non-hydrogen) atoms. The number of hydrogen-bond acceptors (Lipinski definition) is 3. The zero-order valence-electron chi connectivity index (χ0n) is 15.8. The fraction of sp³-hybridized carbons (Fsp3) is 0.364. The van der Waals surface area contributed by atoms with Crippen molar-refractivity contribution in [2.45, 2.75) is 43.4 Å². The number of nitrogens with zero attached hydrogens (tertiary/aromatic N) is 1. The zero-order valence-corrected chi connectivity index (χ0v) is 16.6. The number of hydrazone groups is 1. The van der Waals surface area contributed by atoms with Crippen LogP contribution in [0.15, 0.2) is 58.5 Å². The van der Waals surface area contributed by atoms with E-state index >= 15 is 0 Å². The average Bonchev–Trinajstić information content (AvgIpc) is 3.42. The highest BCUT2D eigenvalue weighted by Gasteiger charge is 2.43. The van der Waals surface area contributed by atoms with Crippen LogP contribution in [0.2, 0.25) is 0 Å². The first-order valence-electron chi connectivity index (χ1n) is 8.96. The van der Waals surface area contributed by atoms with E-state index in [-0.39, 0.29) is 17.2 Å². The van der Waals surface area contributed by atoms with E-state index in [9.17, 15) is 4.79 Å². The molecule has 1 fully saturated rings. The van der Waals surface area contributed by atoms with Crippen molar-refractivity contribution < 1.29 is 4.79 Å². The van der Waals surface area contributed by atoms with Crippen LogP contribution in [-0.2, 0) is 10.2 Å². The standard InChI is InChI=1S/C22H26N2OS/c1-22(2,3)17-9-7-16(8-10-17)19-13-20(19)21(25)24-23-14-15-5-11-18(26-4)12-6-15/h5-12,14,19-20H,13H2,1-4H3,(H,24,25)/b23-14+. The van der Waals surface area contributed by atoms with Gasteiger partial charge in [-0.25, -0.2) is 5.43 Å². The van der Waals surface area contributed by atoms with Crippen LogP contribution in [0.5, 0.6) is 0 Å². The topological polar surface area (TPSA) is 41.5 Å². The minimum atomic E-state index is 0.00637. The van der Waals surface area contributed by atoms with Crippen molar-refractivity contribution in [3.63, 3.8) is 0 Å². The average molecular weight is 367 g/mol. The predicted octanol–water partition coefficient (Wildman–Crippen LogP) is 4.96. The number of rotatable bonds is 5. The molecule has 1 N–H and O–H groups in total. The van der Waals surface area contributed by atoms with Crippen LogP contribution in [0.25, 0.3) is 0 Å². The Bertz CT molecular complexity index is 788. The van der Waals surface area contributed by atoms with E-state index in [0.717, 1.165) is 12.0 Å². The SMILES string of the molecule is CSc1ccc(/C=N/NC(=O)C2CC2c2ccc(C(C)(C)C)cc2)cc1. The van der Waals surface area contributed by atoms with E-state index in [1.807, 2.05) is 30.5 Å². The lowest BCUT2D eigenvalue weighted by Gasteiger charge is -2.19. The van der Waals surface area contributed by atoms with Gasteiger partial charge in [0.15, 0.2) is 0 Å². The lowest BCUT2D eigenvalue weighted by atomic mass is 9.86. The summed E-state index contributed by atoms with van der Waals surface area (Å²) < 4.78 is 0. The minimum absolute atomic E-state index is 0.00637. The molecule has 0 spiro atoms. The summed E-state index contributed by atoms with van der Waals surface area (Å²) in [5.74, 6) is 0.360. The maximum Gasteiger partial charge on any atom is 0.243 e. The molecule has 2 atom stereocenters. The van der Waals surface area contributed by atoms with Gasteiger partial charge in [0.25, 0.3) is 0 Å². The van der Waals surface area contributed by atoms with Gasteiger partial charge in [-0.05, 0) is 52.8 Å². The van der Waals surface area contributed by atoms with Gasteiger partial charge >= 0.3 is 0 Å². The highest BCUT2D eigenvalue weighted by molar-refractivity contribution is 7.98. The number of benzene rings is 2. The first kappa shape index (κ1) is 18.7. The Labute approximate surface area is 160 Å². The van der Waals surface area contributed by atoms with Crippen LogP contribution in [0, 0.1) is 5.92 Å². The minimum Gasteiger partial charge on any atom is -0.273 e. The van der Waals surface area contributed by atoms with E-state index in [4.69, 9.17) is 0 Å². The molecule has 2 aromatic carbocycles. The Morgan fingerprint density at radius 2 is 1.77 bits per heavy atom. The third kappa shape index (κ3) is 4.55. The molecule has 1 aliphatic rings. The molecule has 0 bridgehead atoms. The van der Waals surface area contributed by atoms with Crippen molar-refractivity contribution in [1.29, 1.82) is 0 Å². The largest absolute Gasteiger partial charge is 0.273 e. The predicted molar refractivity (Wildman–Crippen MR) is 110 cm³/mol. The zero-order chi connectivity index (χ0) is 18.7. The van der Waals surface area contributed by atoms with Crippen LogP contribution in [0.4, 0.5) is 0 Å². The molecule has 136 valence electrons. The summed E-state index contributed by atoms with van der Waals surface area (Å²) in [5.41, 5.74) is 6.38. The maximum absolute atomic E-state index is 12.3. The van der Waals surface area contributed by atoms with Gasteiger partial charge in [0.1, 0.15) is 0 Å². The fourth-order valence-electron chi connectivity index (χ4n) is 3.03. The van der Waals surface area contributed by atoms with Gasteiger partial charge in [-0.1, -0.05) is 57.2 Å². The summed E-state index contributed by atoms with van der Waals surface area (Å²) in [6.07, 6.45) is 4.64. The highest BCUT2D eigenvalue weighted by Crippen LogP contribution is 2.47. The summed E-state index contributed by atoms with van der Waals surface area (Å²) in [7, 11) is 0. The van der Waals surface area contributed by atoms with Crippen LogP contribution in [0.1, 0.15) is 49.8 Å². The summed E-state index contributed by atoms with van der Waals surface area (Å²) in [6.45, 7) is 6.63. The van der Waals surface area contributed by atoms with E-state index in [0.29, 0.717) is 5.92 Å². The molecule has 0 aromatic heterocycles. The molecule has 2 unspecified atom stereocenters. The lowest BCUT2D eigenvalue weighted by Crippen LogP contribution is -2.20. The lowest BCUT2D eigenvalue weighted by molar-refractivity contribution is -0.122. The number of hydrogen-bond donors (Lipinski definition) is 1. The summed E-state index contributed by atoms with van der Waals surface area (Å²) in [5, 5.41) is 4.10. The van der Waals surface area contributed by atoms with E-state index in [1.54, 1.807) is 18.0 Å². The Morgan fingerprint density at radius 1 is 1.12 bits per heavy atom. The molecule has 2 aromatic rings. The van der Waals surface area contributed by atoms with Gasteiger partial charge in [-0.15, -0.1) is 11.8 Å². The number of nitrogens with one attached hydrogen (secondary N) is 1. The summed E-state index contributed by atoms with van der Waals surface area (Å²) in [6, 6.07) is 16.8. The number of thioether (sulfide) groups is 1. The quantitative estimate of drug-likeness (QED) is 0.462.